The van der Waals surface area contributed by atoms with Gasteiger partial charge in [-0.15, -0.1) is 0 Å². The van der Waals surface area contributed by atoms with Crippen LogP contribution in [0.25, 0.3) is 0 Å². The molecule has 1 amide bonds. The Hall–Kier alpha value is -2.79. The summed E-state index contributed by atoms with van der Waals surface area (Å²) in [4.78, 5) is 39.6. The molecule has 138 valence electrons. The van der Waals surface area contributed by atoms with E-state index in [4.69, 9.17) is 0 Å². The van der Waals surface area contributed by atoms with Gasteiger partial charge >= 0.3 is 0 Å². The van der Waals surface area contributed by atoms with E-state index >= 15 is 0 Å². The second-order valence-corrected chi connectivity index (χ2v) is 7.59. The van der Waals surface area contributed by atoms with Crippen LogP contribution >= 0.6 is 0 Å². The van der Waals surface area contributed by atoms with E-state index in [1.807, 2.05) is 0 Å². The summed E-state index contributed by atoms with van der Waals surface area (Å²) in [7, 11) is 0. The number of hydrogen-bond acceptors (Lipinski definition) is 3. The first kappa shape index (κ1) is 17.6. The van der Waals surface area contributed by atoms with Gasteiger partial charge in [0.2, 0.25) is 0 Å². The molecule has 5 nitrogen and oxygen atoms in total. The quantitative estimate of drug-likeness (QED) is 0.745. The molecular weight excluding hydrogens is 340 g/mol. The summed E-state index contributed by atoms with van der Waals surface area (Å²) in [6, 6.07) is 11.9. The molecule has 2 aliphatic rings. The lowest BCUT2D eigenvalue weighted by Gasteiger charge is -2.27. The van der Waals surface area contributed by atoms with Crippen LogP contribution in [-0.4, -0.2) is 37.1 Å². The zero-order valence-electron chi connectivity index (χ0n) is 15.4. The highest BCUT2D eigenvalue weighted by Gasteiger charge is 2.32. The molecule has 1 fully saturated rings. The van der Waals surface area contributed by atoms with E-state index in [1.54, 1.807) is 42.5 Å². The highest BCUT2D eigenvalue weighted by atomic mass is 16.2. The van der Waals surface area contributed by atoms with E-state index in [1.165, 1.54) is 4.90 Å². The Balaban J connectivity index is 1.58. The number of quaternary nitrogens is 1. The van der Waals surface area contributed by atoms with Crippen molar-refractivity contribution in [3.8, 4) is 0 Å². The van der Waals surface area contributed by atoms with Crippen LogP contribution in [0.15, 0.2) is 42.5 Å². The molecule has 0 bridgehead atoms. The maximum Gasteiger partial charge on any atom is 0.279 e. The topological polar surface area (TPSA) is 67.7 Å². The Morgan fingerprint density at radius 2 is 1.59 bits per heavy atom. The van der Waals surface area contributed by atoms with Gasteiger partial charge in [-0.05, 0) is 24.8 Å². The van der Waals surface area contributed by atoms with Crippen LogP contribution in [0.1, 0.15) is 51.6 Å². The van der Waals surface area contributed by atoms with E-state index in [9.17, 15) is 14.4 Å². The number of fused-ring (bicyclic) bond motifs is 2. The molecule has 1 saturated heterocycles. The van der Waals surface area contributed by atoms with Crippen molar-refractivity contribution in [2.45, 2.75) is 19.8 Å². The fourth-order valence-electron chi connectivity index (χ4n) is 4.02. The summed E-state index contributed by atoms with van der Waals surface area (Å²) in [6.07, 6.45) is 2.26. The van der Waals surface area contributed by atoms with Crippen molar-refractivity contribution in [2.75, 3.05) is 25.0 Å². The summed E-state index contributed by atoms with van der Waals surface area (Å²) in [5.74, 6) is 0.218. The molecule has 2 aromatic carbocycles. The van der Waals surface area contributed by atoms with Gasteiger partial charge in [0.25, 0.3) is 5.91 Å². The number of likely N-dealkylation sites (tertiary alicyclic amines) is 1. The second kappa shape index (κ2) is 7.08. The summed E-state index contributed by atoms with van der Waals surface area (Å²) in [5, 5.41) is 2.88. The number of amides is 1. The van der Waals surface area contributed by atoms with Gasteiger partial charge in [-0.25, -0.2) is 0 Å². The Kier molecular flexibility index (Phi) is 4.62. The highest BCUT2D eigenvalue weighted by Crippen LogP contribution is 2.31. The predicted molar refractivity (Wildman–Crippen MR) is 102 cm³/mol. The van der Waals surface area contributed by atoms with E-state index in [0.29, 0.717) is 34.5 Å². The molecule has 4 rings (SSSR count). The monoisotopic (exact) mass is 363 g/mol. The summed E-state index contributed by atoms with van der Waals surface area (Å²) in [6.45, 7) is 4.61. The van der Waals surface area contributed by atoms with Crippen molar-refractivity contribution in [1.29, 1.82) is 0 Å². The number of carbonyl (C=O) groups is 3. The minimum absolute atomic E-state index is 0.118. The molecule has 0 radical (unpaired) electrons. The molecule has 2 aromatic rings. The van der Waals surface area contributed by atoms with Gasteiger partial charge in [0.05, 0.1) is 24.3 Å². The van der Waals surface area contributed by atoms with Crippen LogP contribution in [0.5, 0.6) is 0 Å². The Bertz CT molecular complexity index is 927. The third-order valence-corrected chi connectivity index (χ3v) is 5.62. The first-order valence-corrected chi connectivity index (χ1v) is 9.49. The molecule has 1 aliphatic carbocycles. The van der Waals surface area contributed by atoms with Crippen molar-refractivity contribution < 1.29 is 19.3 Å². The summed E-state index contributed by atoms with van der Waals surface area (Å²) >= 11 is 0. The van der Waals surface area contributed by atoms with Crippen molar-refractivity contribution in [3.63, 3.8) is 0 Å². The average molecular weight is 363 g/mol. The standard InChI is InChI=1S/C22H22N2O3/c1-14-9-11-24(12-10-14)13-19(25)23-18-8-4-7-17-20(18)22(27)16-6-3-2-5-15(16)21(17)26/h2-8,14H,9-13H2,1H3,(H,23,25)/p+1. The van der Waals surface area contributed by atoms with Crippen molar-refractivity contribution in [3.05, 3.63) is 64.7 Å². The first-order chi connectivity index (χ1) is 13.0. The van der Waals surface area contributed by atoms with E-state index in [0.717, 1.165) is 31.8 Å². The molecule has 0 spiro atoms. The smallest absolute Gasteiger partial charge is 0.279 e. The van der Waals surface area contributed by atoms with E-state index in [-0.39, 0.29) is 17.5 Å². The molecule has 5 heteroatoms. The number of carbonyl (C=O) groups excluding carboxylic acids is 3. The van der Waals surface area contributed by atoms with Gasteiger partial charge in [-0.1, -0.05) is 43.3 Å². The Morgan fingerprint density at radius 1 is 0.963 bits per heavy atom. The second-order valence-electron chi connectivity index (χ2n) is 7.59. The molecule has 0 atom stereocenters. The van der Waals surface area contributed by atoms with E-state index < -0.39 is 0 Å². The van der Waals surface area contributed by atoms with Gasteiger partial charge in [0, 0.05) is 16.7 Å². The first-order valence-electron chi connectivity index (χ1n) is 9.49. The minimum atomic E-state index is -0.213. The van der Waals surface area contributed by atoms with Crippen LogP contribution in [0.3, 0.4) is 0 Å². The van der Waals surface area contributed by atoms with Gasteiger partial charge in [-0.3, -0.25) is 14.4 Å². The lowest BCUT2D eigenvalue weighted by Crippen LogP contribution is -3.14. The van der Waals surface area contributed by atoms with Crippen LogP contribution in [0, 0.1) is 5.92 Å². The molecule has 27 heavy (non-hydrogen) atoms. The Labute approximate surface area is 158 Å². The third kappa shape index (κ3) is 3.30. The maximum absolute atomic E-state index is 13.0. The minimum Gasteiger partial charge on any atom is -0.327 e. The third-order valence-electron chi connectivity index (χ3n) is 5.62. The normalized spacial score (nSPS) is 21.4. The lowest BCUT2D eigenvalue weighted by atomic mass is 9.83. The van der Waals surface area contributed by atoms with Gasteiger partial charge in [0.15, 0.2) is 18.1 Å². The number of ketones is 2. The van der Waals surface area contributed by atoms with Crippen LogP contribution in [0.4, 0.5) is 5.69 Å². The predicted octanol–water partition coefficient (Wildman–Crippen LogP) is 1.72. The molecule has 2 N–H and O–H groups in total. The van der Waals surface area contributed by atoms with Gasteiger partial charge < -0.3 is 10.2 Å². The lowest BCUT2D eigenvalue weighted by molar-refractivity contribution is -0.897. The van der Waals surface area contributed by atoms with Crippen LogP contribution in [0.2, 0.25) is 0 Å². The fourth-order valence-corrected chi connectivity index (χ4v) is 4.02. The molecule has 0 saturated carbocycles. The van der Waals surface area contributed by atoms with Gasteiger partial charge in [0.1, 0.15) is 0 Å². The van der Waals surface area contributed by atoms with Crippen molar-refractivity contribution in [2.24, 2.45) is 5.92 Å². The zero-order valence-corrected chi connectivity index (χ0v) is 15.4. The number of rotatable bonds is 3. The fraction of sp³-hybridized carbons (Fsp3) is 0.318. The average Bonchev–Trinajstić information content (AvgIpc) is 2.68. The summed E-state index contributed by atoms with van der Waals surface area (Å²) < 4.78 is 0. The number of hydrogen-bond donors (Lipinski definition) is 2. The van der Waals surface area contributed by atoms with Crippen LogP contribution < -0.4 is 10.2 Å². The molecule has 0 unspecified atom stereocenters. The van der Waals surface area contributed by atoms with Gasteiger partial charge in [-0.2, -0.15) is 0 Å². The largest absolute Gasteiger partial charge is 0.327 e. The maximum atomic E-state index is 13.0. The molecular formula is C22H23N2O3+. The molecule has 1 aliphatic heterocycles. The SMILES string of the molecule is CC1CC[NH+](CC(=O)Nc2cccc3c2C(=O)c2ccccc2C3=O)CC1. The van der Waals surface area contributed by atoms with Crippen molar-refractivity contribution >= 4 is 23.2 Å². The number of anilines is 1. The number of piperidine rings is 1. The summed E-state index contributed by atoms with van der Waals surface area (Å²) in [5.41, 5.74) is 1.90. The highest BCUT2D eigenvalue weighted by molar-refractivity contribution is 6.30. The molecule has 0 aromatic heterocycles. The Morgan fingerprint density at radius 3 is 2.30 bits per heavy atom. The van der Waals surface area contributed by atoms with E-state index in [2.05, 4.69) is 12.2 Å². The zero-order chi connectivity index (χ0) is 19.0. The van der Waals surface area contributed by atoms with Crippen LogP contribution in [-0.2, 0) is 4.79 Å². The van der Waals surface area contributed by atoms with Crippen molar-refractivity contribution in [1.82, 2.24) is 0 Å². The number of benzene rings is 2. The number of nitrogens with one attached hydrogen (secondary N) is 2. The molecule has 1 heterocycles.